The van der Waals surface area contributed by atoms with Crippen molar-refractivity contribution in [1.29, 1.82) is 0 Å². The Morgan fingerprint density at radius 2 is 1.90 bits per heavy atom. The van der Waals surface area contributed by atoms with Gasteiger partial charge in [0.05, 0.1) is 24.2 Å². The molecule has 0 bridgehead atoms. The van der Waals surface area contributed by atoms with E-state index in [4.69, 9.17) is 0 Å². The number of aryl methyl sites for hydroxylation is 2. The Kier molecular flexibility index (Phi) is 7.14. The molecule has 0 radical (unpaired) electrons. The van der Waals surface area contributed by atoms with Gasteiger partial charge in [0.1, 0.15) is 11.0 Å². The van der Waals surface area contributed by atoms with E-state index >= 15 is 0 Å². The van der Waals surface area contributed by atoms with Crippen LogP contribution in [0.1, 0.15) is 38.9 Å². The molecule has 10 nitrogen and oxygen atoms in total. The van der Waals surface area contributed by atoms with E-state index in [1.54, 1.807) is 11.2 Å². The molecular formula is C19H33N7O3S. The van der Waals surface area contributed by atoms with Crippen LogP contribution in [0, 0.1) is 6.92 Å². The predicted octanol–water partition coefficient (Wildman–Crippen LogP) is 0.596. The second-order valence-corrected chi connectivity index (χ2v) is 10.2. The summed E-state index contributed by atoms with van der Waals surface area (Å²) in [4.78, 5) is 14.4. The fraction of sp³-hybridized carbons (Fsp3) is 0.737. The number of hydrogen-bond acceptors (Lipinski definition) is 6. The first-order chi connectivity index (χ1) is 14.2. The van der Waals surface area contributed by atoms with Crippen LogP contribution in [-0.4, -0.2) is 88.1 Å². The molecule has 3 heterocycles. The molecule has 0 aliphatic carbocycles. The molecule has 0 saturated carbocycles. The van der Waals surface area contributed by atoms with Gasteiger partial charge in [-0.3, -0.25) is 19.1 Å². The number of rotatable bonds is 9. The van der Waals surface area contributed by atoms with Gasteiger partial charge >= 0.3 is 0 Å². The van der Waals surface area contributed by atoms with Crippen molar-refractivity contribution in [2.45, 2.75) is 46.7 Å². The molecule has 1 aliphatic heterocycles. The number of sulfonamides is 1. The quantitative estimate of drug-likeness (QED) is 0.613. The molecule has 1 aliphatic rings. The average Bonchev–Trinajstić information content (AvgIpc) is 3.28. The number of aromatic nitrogens is 4. The fourth-order valence-corrected chi connectivity index (χ4v) is 4.89. The first kappa shape index (κ1) is 22.7. The third-order valence-electron chi connectivity index (χ3n) is 5.55. The number of amides is 1. The molecule has 3 rings (SSSR count). The summed E-state index contributed by atoms with van der Waals surface area (Å²) in [6.07, 6.45) is 2.16. The van der Waals surface area contributed by atoms with E-state index in [2.05, 4.69) is 34.3 Å². The number of hydrogen-bond donors (Lipinski definition) is 1. The molecular weight excluding hydrogens is 406 g/mol. The maximum atomic E-state index is 12.3. The molecule has 0 unspecified atom stereocenters. The van der Waals surface area contributed by atoms with Crippen molar-refractivity contribution in [2.75, 3.05) is 45.0 Å². The van der Waals surface area contributed by atoms with Gasteiger partial charge in [0.25, 0.3) is 0 Å². The molecule has 1 amide bonds. The summed E-state index contributed by atoms with van der Waals surface area (Å²) < 4.78 is 29.2. The summed E-state index contributed by atoms with van der Waals surface area (Å²) in [6.45, 7) is 12.0. The van der Waals surface area contributed by atoms with Crippen LogP contribution >= 0.6 is 0 Å². The molecule has 0 atom stereocenters. The van der Waals surface area contributed by atoms with Gasteiger partial charge in [0, 0.05) is 51.7 Å². The van der Waals surface area contributed by atoms with E-state index in [1.165, 1.54) is 0 Å². The third-order valence-corrected chi connectivity index (χ3v) is 7.43. The van der Waals surface area contributed by atoms with Crippen LogP contribution in [0.3, 0.4) is 0 Å². The van der Waals surface area contributed by atoms with Gasteiger partial charge in [-0.15, -0.1) is 0 Å². The molecule has 30 heavy (non-hydrogen) atoms. The standard InChI is InChI=1S/C19H33N7O3S/c1-5-30(28,29)24-12-10-23(11-13-24)9-7-20-18(27)6-8-25-19-16(4)22-26(15(2)3)17(19)14-21-25/h14-15H,5-13H2,1-4H3,(H,20,27). The topological polar surface area (TPSA) is 105 Å². The monoisotopic (exact) mass is 439 g/mol. The molecule has 2 aromatic rings. The Morgan fingerprint density at radius 3 is 2.53 bits per heavy atom. The van der Waals surface area contributed by atoms with Gasteiger partial charge in [0.2, 0.25) is 15.9 Å². The van der Waals surface area contributed by atoms with Crippen molar-refractivity contribution < 1.29 is 13.2 Å². The van der Waals surface area contributed by atoms with Gasteiger partial charge in [-0.25, -0.2) is 8.42 Å². The van der Waals surface area contributed by atoms with Crippen molar-refractivity contribution in [3.05, 3.63) is 11.9 Å². The average molecular weight is 440 g/mol. The van der Waals surface area contributed by atoms with Crippen molar-refractivity contribution in [3.8, 4) is 0 Å². The van der Waals surface area contributed by atoms with Crippen molar-refractivity contribution >= 4 is 27.0 Å². The van der Waals surface area contributed by atoms with Crippen LogP contribution < -0.4 is 5.32 Å². The summed E-state index contributed by atoms with van der Waals surface area (Å²) in [5.41, 5.74) is 2.89. The maximum Gasteiger partial charge on any atom is 0.221 e. The Hall–Kier alpha value is -1.98. The van der Waals surface area contributed by atoms with Gasteiger partial charge in [-0.1, -0.05) is 0 Å². The lowest BCUT2D eigenvalue weighted by Gasteiger charge is -2.33. The first-order valence-corrected chi connectivity index (χ1v) is 12.2. The molecule has 0 spiro atoms. The van der Waals surface area contributed by atoms with E-state index in [0.717, 1.165) is 23.3 Å². The van der Waals surface area contributed by atoms with E-state index in [1.807, 2.05) is 22.5 Å². The number of carbonyl (C=O) groups excluding carboxylic acids is 1. The fourth-order valence-electron chi connectivity index (χ4n) is 3.80. The highest BCUT2D eigenvalue weighted by molar-refractivity contribution is 7.89. The minimum Gasteiger partial charge on any atom is -0.355 e. The maximum absolute atomic E-state index is 12.3. The van der Waals surface area contributed by atoms with Gasteiger partial charge in [0.15, 0.2) is 0 Å². The second-order valence-electron chi connectivity index (χ2n) is 7.97. The van der Waals surface area contributed by atoms with Crippen LogP contribution in [0.15, 0.2) is 6.20 Å². The molecule has 2 aromatic heterocycles. The van der Waals surface area contributed by atoms with Crippen molar-refractivity contribution in [2.24, 2.45) is 0 Å². The van der Waals surface area contributed by atoms with Crippen LogP contribution in [0.5, 0.6) is 0 Å². The van der Waals surface area contributed by atoms with Gasteiger partial charge in [-0.2, -0.15) is 14.5 Å². The largest absolute Gasteiger partial charge is 0.355 e. The zero-order valence-corrected chi connectivity index (χ0v) is 19.2. The highest BCUT2D eigenvalue weighted by Gasteiger charge is 2.25. The second kappa shape index (κ2) is 9.44. The molecule has 168 valence electrons. The predicted molar refractivity (Wildman–Crippen MR) is 116 cm³/mol. The highest BCUT2D eigenvalue weighted by atomic mass is 32.2. The lowest BCUT2D eigenvalue weighted by molar-refractivity contribution is -0.121. The van der Waals surface area contributed by atoms with Gasteiger partial charge in [-0.05, 0) is 27.7 Å². The minimum absolute atomic E-state index is 0.0141. The van der Waals surface area contributed by atoms with Gasteiger partial charge < -0.3 is 5.32 Å². The Balaban J connectivity index is 1.42. The molecule has 1 N–H and O–H groups in total. The summed E-state index contributed by atoms with van der Waals surface area (Å²) in [5.74, 6) is 0.128. The van der Waals surface area contributed by atoms with E-state index < -0.39 is 10.0 Å². The SMILES string of the molecule is CCS(=O)(=O)N1CCN(CCNC(=O)CCn2ncc3c2c(C)nn3C(C)C)CC1. The smallest absolute Gasteiger partial charge is 0.221 e. The first-order valence-electron chi connectivity index (χ1n) is 10.6. The lowest BCUT2D eigenvalue weighted by Crippen LogP contribution is -2.50. The Morgan fingerprint density at radius 1 is 1.20 bits per heavy atom. The molecule has 11 heteroatoms. The number of nitrogens with one attached hydrogen (secondary N) is 1. The number of nitrogens with zero attached hydrogens (tertiary/aromatic N) is 6. The summed E-state index contributed by atoms with van der Waals surface area (Å²) in [6, 6.07) is 0.256. The number of carbonyl (C=O) groups is 1. The van der Waals surface area contributed by atoms with E-state index in [0.29, 0.717) is 45.7 Å². The highest BCUT2D eigenvalue weighted by Crippen LogP contribution is 2.21. The molecule has 1 saturated heterocycles. The summed E-state index contributed by atoms with van der Waals surface area (Å²) in [7, 11) is -3.11. The van der Waals surface area contributed by atoms with Crippen molar-refractivity contribution in [3.63, 3.8) is 0 Å². The molecule has 0 aromatic carbocycles. The normalized spacial score (nSPS) is 16.6. The van der Waals surface area contributed by atoms with Crippen LogP contribution in [-0.2, 0) is 21.4 Å². The van der Waals surface area contributed by atoms with Crippen LogP contribution in [0.25, 0.3) is 11.0 Å². The summed E-state index contributed by atoms with van der Waals surface area (Å²) in [5, 5.41) is 12.0. The van der Waals surface area contributed by atoms with Crippen molar-refractivity contribution in [1.82, 2.24) is 34.1 Å². The summed E-state index contributed by atoms with van der Waals surface area (Å²) >= 11 is 0. The zero-order valence-electron chi connectivity index (χ0n) is 18.3. The zero-order chi connectivity index (χ0) is 21.9. The van der Waals surface area contributed by atoms with E-state index in [-0.39, 0.29) is 17.7 Å². The number of fused-ring (bicyclic) bond motifs is 1. The lowest BCUT2D eigenvalue weighted by atomic mass is 10.3. The Bertz CT molecular complexity index is 972. The Labute approximate surface area is 178 Å². The number of piperazine rings is 1. The van der Waals surface area contributed by atoms with E-state index in [9.17, 15) is 13.2 Å². The van der Waals surface area contributed by atoms with Crippen LogP contribution in [0.4, 0.5) is 0 Å². The minimum atomic E-state index is -3.11. The third kappa shape index (κ3) is 5.01. The molecule has 1 fully saturated rings. The van der Waals surface area contributed by atoms with Crippen LogP contribution in [0.2, 0.25) is 0 Å².